The average Bonchev–Trinajstić information content (AvgIpc) is 3.19. The molecule has 0 amide bonds. The van der Waals surface area contributed by atoms with Gasteiger partial charge in [-0.3, -0.25) is 19.5 Å². The molecule has 10 nitrogen and oxygen atoms in total. The van der Waals surface area contributed by atoms with Crippen LogP contribution in [0.2, 0.25) is 0 Å². The molecule has 0 radical (unpaired) electrons. The molecule has 0 spiro atoms. The SMILES string of the molecule is CCNc1c(C(=N)Cc2ccccc2)nc(Cn2cccc([N+](=O)[O-])c2=O)n1C1CCCCO1. The first kappa shape index (κ1) is 23.4. The summed E-state index contributed by atoms with van der Waals surface area (Å²) in [6.45, 7) is 3.22. The van der Waals surface area contributed by atoms with E-state index in [1.54, 1.807) is 0 Å². The van der Waals surface area contributed by atoms with E-state index in [0.29, 0.717) is 42.6 Å². The third-order valence-electron chi connectivity index (χ3n) is 5.79. The van der Waals surface area contributed by atoms with Crippen LogP contribution in [0.1, 0.15) is 49.5 Å². The molecule has 1 aliphatic heterocycles. The maximum atomic E-state index is 12.7. The molecular weight excluding hydrogens is 436 g/mol. The number of rotatable bonds is 9. The minimum Gasteiger partial charge on any atom is -0.370 e. The number of hydrogen-bond donors (Lipinski definition) is 2. The van der Waals surface area contributed by atoms with Crippen LogP contribution >= 0.6 is 0 Å². The van der Waals surface area contributed by atoms with E-state index < -0.39 is 16.2 Å². The number of ether oxygens (including phenoxy) is 1. The van der Waals surface area contributed by atoms with Gasteiger partial charge in [0.05, 0.1) is 17.2 Å². The van der Waals surface area contributed by atoms with Crippen molar-refractivity contribution in [3.05, 3.63) is 86.2 Å². The van der Waals surface area contributed by atoms with E-state index in [-0.39, 0.29) is 12.8 Å². The highest BCUT2D eigenvalue weighted by Crippen LogP contribution is 2.31. The van der Waals surface area contributed by atoms with Gasteiger partial charge in [0.25, 0.3) is 0 Å². The fourth-order valence-electron chi connectivity index (χ4n) is 4.20. The molecule has 0 aliphatic carbocycles. The van der Waals surface area contributed by atoms with Crippen LogP contribution in [-0.4, -0.2) is 37.9 Å². The Morgan fingerprint density at radius 1 is 1.26 bits per heavy atom. The van der Waals surface area contributed by atoms with Gasteiger partial charge in [-0.2, -0.15) is 0 Å². The monoisotopic (exact) mass is 464 g/mol. The molecule has 0 bridgehead atoms. The molecule has 34 heavy (non-hydrogen) atoms. The lowest BCUT2D eigenvalue weighted by atomic mass is 10.1. The van der Waals surface area contributed by atoms with Gasteiger partial charge in [-0.25, -0.2) is 4.98 Å². The first-order valence-corrected chi connectivity index (χ1v) is 11.4. The summed E-state index contributed by atoms with van der Waals surface area (Å²) in [4.78, 5) is 28.0. The number of nitrogens with zero attached hydrogens (tertiary/aromatic N) is 4. The molecule has 1 aromatic carbocycles. The maximum Gasteiger partial charge on any atom is 0.334 e. The summed E-state index contributed by atoms with van der Waals surface area (Å²) in [6, 6.07) is 12.4. The van der Waals surface area contributed by atoms with Gasteiger partial charge in [0, 0.05) is 31.8 Å². The molecule has 1 saturated heterocycles. The largest absolute Gasteiger partial charge is 0.370 e. The van der Waals surface area contributed by atoms with Crippen molar-refractivity contribution in [3.8, 4) is 0 Å². The van der Waals surface area contributed by atoms with E-state index in [2.05, 4.69) is 5.32 Å². The van der Waals surface area contributed by atoms with Gasteiger partial charge in [0.1, 0.15) is 23.6 Å². The zero-order chi connectivity index (χ0) is 24.1. The van der Waals surface area contributed by atoms with Gasteiger partial charge in [0.2, 0.25) is 0 Å². The van der Waals surface area contributed by atoms with Crippen LogP contribution in [0.25, 0.3) is 0 Å². The molecule has 3 aromatic rings. The van der Waals surface area contributed by atoms with Gasteiger partial charge >= 0.3 is 11.2 Å². The predicted octanol–water partition coefficient (Wildman–Crippen LogP) is 3.74. The lowest BCUT2D eigenvalue weighted by Gasteiger charge is -2.27. The Kier molecular flexibility index (Phi) is 7.17. The van der Waals surface area contributed by atoms with Crippen LogP contribution in [-0.2, 0) is 17.7 Å². The van der Waals surface area contributed by atoms with Gasteiger partial charge in [-0.05, 0) is 37.8 Å². The quantitative estimate of drug-likeness (QED) is 0.282. The molecule has 3 heterocycles. The second-order valence-electron chi connectivity index (χ2n) is 8.17. The molecule has 10 heteroatoms. The fourth-order valence-corrected chi connectivity index (χ4v) is 4.20. The van der Waals surface area contributed by atoms with Gasteiger partial charge < -0.3 is 20.0 Å². The number of aromatic nitrogens is 3. The predicted molar refractivity (Wildman–Crippen MR) is 129 cm³/mol. The van der Waals surface area contributed by atoms with E-state index in [1.807, 2.05) is 41.8 Å². The Balaban J connectivity index is 1.79. The Labute approximate surface area is 196 Å². The van der Waals surface area contributed by atoms with Crippen molar-refractivity contribution in [2.75, 3.05) is 18.5 Å². The number of imidazole rings is 1. The Morgan fingerprint density at radius 3 is 2.74 bits per heavy atom. The zero-order valence-electron chi connectivity index (χ0n) is 19.1. The molecule has 1 fully saturated rings. The summed E-state index contributed by atoms with van der Waals surface area (Å²) >= 11 is 0. The standard InChI is InChI=1S/C24H28N6O4/c1-2-26-23-22(18(25)15-17-9-4-3-5-10-17)27-20(29(23)21-12-6-7-14-34-21)16-28-13-8-11-19(24(28)31)30(32)33/h3-5,8-11,13,21,25-26H,2,6-7,12,14-16H2,1H3. The highest BCUT2D eigenvalue weighted by molar-refractivity contribution is 6.02. The molecule has 2 aromatic heterocycles. The van der Waals surface area contributed by atoms with Gasteiger partial charge in [-0.1, -0.05) is 30.3 Å². The molecule has 1 unspecified atom stereocenters. The summed E-state index contributed by atoms with van der Waals surface area (Å²) in [5, 5.41) is 23.4. The second-order valence-corrected chi connectivity index (χ2v) is 8.17. The van der Waals surface area contributed by atoms with E-state index in [4.69, 9.17) is 15.1 Å². The number of anilines is 1. The van der Waals surface area contributed by atoms with E-state index in [1.165, 1.54) is 22.9 Å². The summed E-state index contributed by atoms with van der Waals surface area (Å²) in [7, 11) is 0. The Bertz CT molecular complexity index is 1230. The molecule has 4 rings (SSSR count). The second kappa shape index (κ2) is 10.4. The number of benzene rings is 1. The normalized spacial score (nSPS) is 15.7. The van der Waals surface area contributed by atoms with Crippen LogP contribution in [0.15, 0.2) is 53.5 Å². The minimum absolute atomic E-state index is 0.0252. The van der Waals surface area contributed by atoms with Crippen molar-refractivity contribution in [2.45, 2.75) is 45.4 Å². The van der Waals surface area contributed by atoms with Crippen molar-refractivity contribution in [1.29, 1.82) is 5.41 Å². The molecule has 178 valence electrons. The lowest BCUT2D eigenvalue weighted by Crippen LogP contribution is -2.26. The Hall–Kier alpha value is -3.79. The lowest BCUT2D eigenvalue weighted by molar-refractivity contribution is -0.386. The van der Waals surface area contributed by atoms with Crippen molar-refractivity contribution >= 4 is 17.2 Å². The highest BCUT2D eigenvalue weighted by atomic mass is 16.6. The summed E-state index contributed by atoms with van der Waals surface area (Å²) in [5.41, 5.74) is 0.642. The van der Waals surface area contributed by atoms with Crippen LogP contribution in [0, 0.1) is 15.5 Å². The van der Waals surface area contributed by atoms with Crippen LogP contribution in [0.3, 0.4) is 0 Å². The minimum atomic E-state index is -0.697. The van der Waals surface area contributed by atoms with Crippen LogP contribution in [0.4, 0.5) is 11.5 Å². The Morgan fingerprint density at radius 2 is 2.06 bits per heavy atom. The topological polar surface area (TPSA) is 128 Å². The molecule has 1 aliphatic rings. The fraction of sp³-hybridized carbons (Fsp3) is 0.375. The first-order valence-electron chi connectivity index (χ1n) is 11.4. The van der Waals surface area contributed by atoms with Crippen molar-refractivity contribution < 1.29 is 9.66 Å². The van der Waals surface area contributed by atoms with Crippen molar-refractivity contribution in [2.24, 2.45) is 0 Å². The molecular formula is C24H28N6O4. The first-order chi connectivity index (χ1) is 16.5. The number of pyridine rings is 1. The molecule has 0 saturated carbocycles. The van der Waals surface area contributed by atoms with E-state index in [9.17, 15) is 14.9 Å². The van der Waals surface area contributed by atoms with Crippen LogP contribution < -0.4 is 10.9 Å². The van der Waals surface area contributed by atoms with Crippen molar-refractivity contribution in [1.82, 2.24) is 14.1 Å². The number of hydrogen-bond acceptors (Lipinski definition) is 7. The van der Waals surface area contributed by atoms with Crippen LogP contribution in [0.5, 0.6) is 0 Å². The zero-order valence-corrected chi connectivity index (χ0v) is 19.1. The summed E-state index contributed by atoms with van der Waals surface area (Å²) < 4.78 is 9.25. The van der Waals surface area contributed by atoms with Gasteiger partial charge in [-0.15, -0.1) is 0 Å². The summed E-state index contributed by atoms with van der Waals surface area (Å²) in [5.74, 6) is 1.18. The third kappa shape index (κ3) is 4.91. The molecule has 2 N–H and O–H groups in total. The number of nitrogens with one attached hydrogen (secondary N) is 2. The van der Waals surface area contributed by atoms with E-state index >= 15 is 0 Å². The van der Waals surface area contributed by atoms with Crippen molar-refractivity contribution in [3.63, 3.8) is 0 Å². The number of nitro groups is 1. The van der Waals surface area contributed by atoms with Gasteiger partial charge in [0.15, 0.2) is 0 Å². The maximum absolute atomic E-state index is 12.7. The third-order valence-corrected chi connectivity index (χ3v) is 5.79. The smallest absolute Gasteiger partial charge is 0.334 e. The average molecular weight is 465 g/mol. The summed E-state index contributed by atoms with van der Waals surface area (Å²) in [6.07, 6.45) is 4.35. The van der Waals surface area contributed by atoms with E-state index in [0.717, 1.165) is 24.8 Å². The highest BCUT2D eigenvalue weighted by Gasteiger charge is 2.28. The molecule has 1 atom stereocenters.